The van der Waals surface area contributed by atoms with Gasteiger partial charge in [0.1, 0.15) is 0 Å². The number of nitrogen functional groups attached to an aromatic ring is 1. The van der Waals surface area contributed by atoms with Crippen LogP contribution in [0.2, 0.25) is 0 Å². The molecule has 0 amide bonds. The summed E-state index contributed by atoms with van der Waals surface area (Å²) in [6.07, 6.45) is 6.14. The number of H-pyrrole nitrogens is 2. The molecule has 0 atom stereocenters. The standard InChI is InChI=1S/C26H19N5.Zn/c27-17-3-1-16(2-4-17)25-14-24-13-22-8-7-20(29-22)11-18-5-6-19(28-18)12-21-9-10-23(30-21)15-26(25)31-24;/h1-15,28-29H,27H2;/q;+2. The van der Waals surface area contributed by atoms with E-state index in [1.54, 1.807) is 0 Å². The van der Waals surface area contributed by atoms with Crippen LogP contribution in [0.4, 0.5) is 5.69 Å². The van der Waals surface area contributed by atoms with Crippen LogP contribution >= 0.6 is 0 Å². The molecule has 0 spiro atoms. The van der Waals surface area contributed by atoms with Crippen molar-refractivity contribution >= 4 is 51.6 Å². The molecule has 0 radical (unpaired) electrons. The fraction of sp³-hybridized carbons (Fsp3) is 0. The quantitative estimate of drug-likeness (QED) is 0.216. The Morgan fingerprint density at radius 2 is 1.16 bits per heavy atom. The van der Waals surface area contributed by atoms with Gasteiger partial charge in [0.2, 0.25) is 0 Å². The van der Waals surface area contributed by atoms with Gasteiger partial charge in [0.15, 0.2) is 0 Å². The van der Waals surface area contributed by atoms with Crippen molar-refractivity contribution in [3.63, 3.8) is 0 Å². The number of fused-ring (bicyclic) bond motifs is 8. The molecule has 8 bridgehead atoms. The predicted molar refractivity (Wildman–Crippen MR) is 128 cm³/mol. The molecule has 4 aromatic rings. The van der Waals surface area contributed by atoms with Gasteiger partial charge in [-0.05, 0) is 84.5 Å². The van der Waals surface area contributed by atoms with Crippen molar-refractivity contribution in [3.8, 4) is 0 Å². The zero-order valence-corrected chi connectivity index (χ0v) is 20.3. The summed E-state index contributed by atoms with van der Waals surface area (Å²) in [5.41, 5.74) is 16.4. The number of hydrogen-bond donors (Lipinski definition) is 3. The Morgan fingerprint density at radius 3 is 1.81 bits per heavy atom. The van der Waals surface area contributed by atoms with E-state index in [0.717, 1.165) is 61.7 Å². The molecule has 3 aromatic heterocycles. The van der Waals surface area contributed by atoms with Crippen LogP contribution in [-0.2, 0) is 19.5 Å². The first-order valence-corrected chi connectivity index (χ1v) is 10.1. The predicted octanol–water partition coefficient (Wildman–Crippen LogP) is 5.65. The van der Waals surface area contributed by atoms with E-state index in [4.69, 9.17) is 15.7 Å². The van der Waals surface area contributed by atoms with Crippen molar-refractivity contribution in [2.75, 3.05) is 5.73 Å². The average Bonchev–Trinajstić information content (AvgIpc) is 3.54. The van der Waals surface area contributed by atoms with Crippen LogP contribution in [0, 0.1) is 0 Å². The number of anilines is 1. The van der Waals surface area contributed by atoms with Gasteiger partial charge in [0.05, 0.1) is 22.8 Å². The Balaban J connectivity index is 0.00000216. The van der Waals surface area contributed by atoms with Gasteiger partial charge in [-0.15, -0.1) is 0 Å². The molecule has 5 heterocycles. The van der Waals surface area contributed by atoms with E-state index in [0.29, 0.717) is 0 Å². The summed E-state index contributed by atoms with van der Waals surface area (Å²) in [6, 6.07) is 24.3. The molecule has 6 rings (SSSR count). The summed E-state index contributed by atoms with van der Waals surface area (Å²) in [5, 5.41) is 0. The molecule has 148 valence electrons. The van der Waals surface area contributed by atoms with Crippen LogP contribution < -0.4 is 5.73 Å². The van der Waals surface area contributed by atoms with Gasteiger partial charge in [-0.3, -0.25) is 0 Å². The molecule has 4 N–H and O–H groups in total. The van der Waals surface area contributed by atoms with Gasteiger partial charge in [-0.1, -0.05) is 12.1 Å². The van der Waals surface area contributed by atoms with Crippen molar-refractivity contribution in [2.24, 2.45) is 0 Å². The fourth-order valence-corrected chi connectivity index (χ4v) is 3.91. The van der Waals surface area contributed by atoms with E-state index in [-0.39, 0.29) is 19.5 Å². The topological polar surface area (TPSA) is 83.4 Å². The zero-order valence-electron chi connectivity index (χ0n) is 17.3. The van der Waals surface area contributed by atoms with E-state index in [9.17, 15) is 0 Å². The monoisotopic (exact) mass is 465 g/mol. The Labute approximate surface area is 197 Å². The number of aromatic nitrogens is 4. The maximum absolute atomic E-state index is 5.89. The van der Waals surface area contributed by atoms with E-state index >= 15 is 0 Å². The molecule has 0 saturated carbocycles. The number of nitrogens with two attached hydrogens (primary N) is 1. The number of nitrogens with zero attached hydrogens (tertiary/aromatic N) is 2. The van der Waals surface area contributed by atoms with Gasteiger partial charge < -0.3 is 15.7 Å². The summed E-state index contributed by atoms with van der Waals surface area (Å²) in [4.78, 5) is 16.5. The molecule has 32 heavy (non-hydrogen) atoms. The van der Waals surface area contributed by atoms with Crippen LogP contribution in [0.5, 0.6) is 0 Å². The summed E-state index contributed by atoms with van der Waals surface area (Å²) in [5.74, 6) is 0. The maximum Gasteiger partial charge on any atom is 2.00 e. The molecule has 5 nitrogen and oxygen atoms in total. The van der Waals surface area contributed by atoms with E-state index in [1.165, 1.54) is 0 Å². The number of nitrogens with one attached hydrogen (secondary N) is 2. The molecule has 2 aliphatic heterocycles. The average molecular weight is 467 g/mol. The molecular formula is C26H19N5Zn+2. The van der Waals surface area contributed by atoms with Crippen LogP contribution in [0.3, 0.4) is 0 Å². The first kappa shape index (κ1) is 20.2. The normalized spacial score (nSPS) is 12.3. The van der Waals surface area contributed by atoms with Gasteiger partial charge >= 0.3 is 19.5 Å². The third-order valence-electron chi connectivity index (χ3n) is 5.39. The summed E-state index contributed by atoms with van der Waals surface area (Å²) >= 11 is 0. The molecule has 2 aliphatic rings. The Hall–Kier alpha value is -3.76. The van der Waals surface area contributed by atoms with Crippen molar-refractivity contribution < 1.29 is 19.5 Å². The third kappa shape index (κ3) is 3.93. The second-order valence-corrected chi connectivity index (χ2v) is 7.71. The van der Waals surface area contributed by atoms with Gasteiger partial charge in [0.25, 0.3) is 0 Å². The smallest absolute Gasteiger partial charge is 0.399 e. The second-order valence-electron chi connectivity index (χ2n) is 7.71. The third-order valence-corrected chi connectivity index (χ3v) is 5.39. The Bertz CT molecular complexity index is 1540. The summed E-state index contributed by atoms with van der Waals surface area (Å²) in [7, 11) is 0. The van der Waals surface area contributed by atoms with Crippen LogP contribution in [0.25, 0.3) is 45.9 Å². The maximum atomic E-state index is 5.89. The van der Waals surface area contributed by atoms with Crippen LogP contribution in [0.1, 0.15) is 28.3 Å². The molecule has 0 unspecified atom stereocenters. The minimum atomic E-state index is 0. The number of rotatable bonds is 1. The molecule has 0 saturated heterocycles. The Morgan fingerprint density at radius 1 is 0.594 bits per heavy atom. The van der Waals surface area contributed by atoms with E-state index in [2.05, 4.69) is 52.4 Å². The SMILES string of the molecule is Nc1ccc(C2=Cc3cc4ccc(cc5ccc(cc6nc(cc2n3)C=C6)[nH]5)[nH]4)cc1.[Zn+2]. The van der Waals surface area contributed by atoms with Gasteiger partial charge in [-0.25, -0.2) is 9.97 Å². The molecule has 6 heteroatoms. The first-order valence-electron chi connectivity index (χ1n) is 10.1. The largest absolute Gasteiger partial charge is 2.00 e. The molecular weight excluding hydrogens is 448 g/mol. The van der Waals surface area contributed by atoms with Crippen molar-refractivity contribution in [2.45, 2.75) is 0 Å². The second kappa shape index (κ2) is 8.06. The summed E-state index contributed by atoms with van der Waals surface area (Å²) < 4.78 is 0. The fourth-order valence-electron chi connectivity index (χ4n) is 3.91. The van der Waals surface area contributed by atoms with Gasteiger partial charge in [-0.2, -0.15) is 0 Å². The first-order chi connectivity index (χ1) is 15.2. The number of aromatic amines is 2. The molecule has 0 aliphatic carbocycles. The minimum Gasteiger partial charge on any atom is -0.399 e. The van der Waals surface area contributed by atoms with Crippen molar-refractivity contribution in [1.82, 2.24) is 19.9 Å². The van der Waals surface area contributed by atoms with Crippen molar-refractivity contribution in [1.29, 1.82) is 0 Å². The molecule has 1 aromatic carbocycles. The van der Waals surface area contributed by atoms with E-state index < -0.39 is 0 Å². The molecule has 0 fully saturated rings. The number of hydrogen-bond acceptors (Lipinski definition) is 3. The van der Waals surface area contributed by atoms with Crippen LogP contribution in [0.15, 0.2) is 72.8 Å². The summed E-state index contributed by atoms with van der Waals surface area (Å²) in [6.45, 7) is 0. The van der Waals surface area contributed by atoms with Crippen molar-refractivity contribution in [3.05, 3.63) is 101 Å². The minimum absolute atomic E-state index is 0. The number of benzene rings is 1. The zero-order chi connectivity index (χ0) is 20.8. The van der Waals surface area contributed by atoms with Gasteiger partial charge in [0, 0.05) is 33.3 Å². The van der Waals surface area contributed by atoms with E-state index in [1.807, 2.05) is 48.6 Å². The Kier molecular flexibility index (Phi) is 5.08. The van der Waals surface area contributed by atoms with Crippen LogP contribution in [-0.4, -0.2) is 19.9 Å².